The minimum Gasteiger partial charge on any atom is -0.394 e. The van der Waals surface area contributed by atoms with Crippen LogP contribution in [0.15, 0.2) is 30.5 Å². The first-order chi connectivity index (χ1) is 8.74. The molecule has 0 saturated heterocycles. The first-order valence-corrected chi connectivity index (χ1v) is 6.65. The zero-order valence-corrected chi connectivity index (χ0v) is 11.2. The number of benzene rings is 1. The van der Waals surface area contributed by atoms with Crippen molar-refractivity contribution in [3.8, 4) is 0 Å². The van der Waals surface area contributed by atoms with Crippen molar-refractivity contribution in [1.82, 2.24) is 10.3 Å². The molecule has 0 aliphatic carbocycles. The molecule has 3 nitrogen and oxygen atoms in total. The van der Waals surface area contributed by atoms with Crippen molar-refractivity contribution in [1.29, 1.82) is 0 Å². The molecule has 98 valence electrons. The first-order valence-electron chi connectivity index (χ1n) is 6.65. The fraction of sp³-hybridized carbons (Fsp3) is 0.467. The molecule has 0 atom stereocenters. The predicted molar refractivity (Wildman–Crippen MR) is 75.5 cm³/mol. The van der Waals surface area contributed by atoms with Crippen LogP contribution in [0.5, 0.6) is 0 Å². The smallest absolute Gasteiger partial charge is 0.0613 e. The molecule has 0 bridgehead atoms. The number of fused-ring (bicyclic) bond motifs is 1. The maximum Gasteiger partial charge on any atom is 0.0613 e. The molecular weight excluding hydrogens is 224 g/mol. The molecule has 1 aromatic carbocycles. The van der Waals surface area contributed by atoms with Crippen molar-refractivity contribution in [2.45, 2.75) is 38.8 Å². The lowest BCUT2D eigenvalue weighted by Crippen LogP contribution is -2.47. The number of nitrogens with one attached hydrogen (secondary N) is 2. The molecule has 1 heterocycles. The van der Waals surface area contributed by atoms with Crippen LogP contribution in [-0.2, 0) is 6.54 Å². The highest BCUT2D eigenvalue weighted by molar-refractivity contribution is 5.82. The van der Waals surface area contributed by atoms with Gasteiger partial charge in [0.05, 0.1) is 6.61 Å². The van der Waals surface area contributed by atoms with Crippen LogP contribution >= 0.6 is 0 Å². The Kier molecular flexibility index (Phi) is 4.04. The molecule has 0 aliphatic heterocycles. The Morgan fingerprint density at radius 1 is 1.22 bits per heavy atom. The maximum absolute atomic E-state index is 9.56. The summed E-state index contributed by atoms with van der Waals surface area (Å²) in [5.74, 6) is 0. The number of aliphatic hydroxyl groups is 1. The molecule has 0 spiro atoms. The molecular formula is C15H22N2O. The summed E-state index contributed by atoms with van der Waals surface area (Å²) in [6, 6.07) is 8.38. The van der Waals surface area contributed by atoms with Gasteiger partial charge in [-0.05, 0) is 30.5 Å². The number of aromatic nitrogens is 1. The van der Waals surface area contributed by atoms with Gasteiger partial charge in [0.2, 0.25) is 0 Å². The summed E-state index contributed by atoms with van der Waals surface area (Å²) in [4.78, 5) is 3.22. The summed E-state index contributed by atoms with van der Waals surface area (Å²) in [6.45, 7) is 5.20. The van der Waals surface area contributed by atoms with Crippen LogP contribution in [0.25, 0.3) is 10.9 Å². The fourth-order valence-electron chi connectivity index (χ4n) is 2.37. The van der Waals surface area contributed by atoms with E-state index in [1.54, 1.807) is 0 Å². The summed E-state index contributed by atoms with van der Waals surface area (Å²) >= 11 is 0. The Labute approximate surface area is 108 Å². The highest BCUT2D eigenvalue weighted by atomic mass is 16.3. The van der Waals surface area contributed by atoms with Gasteiger partial charge in [-0.3, -0.25) is 0 Å². The fourth-order valence-corrected chi connectivity index (χ4v) is 2.37. The lowest BCUT2D eigenvalue weighted by atomic mass is 9.93. The molecule has 0 amide bonds. The molecule has 3 heteroatoms. The van der Waals surface area contributed by atoms with E-state index in [1.807, 2.05) is 6.20 Å². The lowest BCUT2D eigenvalue weighted by molar-refractivity contribution is 0.149. The second-order valence-electron chi connectivity index (χ2n) is 4.86. The van der Waals surface area contributed by atoms with Crippen LogP contribution in [0.1, 0.15) is 32.3 Å². The first kappa shape index (κ1) is 13.1. The van der Waals surface area contributed by atoms with E-state index >= 15 is 0 Å². The van der Waals surface area contributed by atoms with Gasteiger partial charge in [-0.25, -0.2) is 0 Å². The summed E-state index contributed by atoms with van der Waals surface area (Å²) in [5, 5.41) is 14.3. The van der Waals surface area contributed by atoms with Crippen LogP contribution in [0, 0.1) is 0 Å². The van der Waals surface area contributed by atoms with Gasteiger partial charge in [-0.2, -0.15) is 0 Å². The molecule has 0 radical (unpaired) electrons. The summed E-state index contributed by atoms with van der Waals surface area (Å²) < 4.78 is 0. The Morgan fingerprint density at radius 3 is 2.67 bits per heavy atom. The van der Waals surface area contributed by atoms with Crippen LogP contribution in [0.4, 0.5) is 0 Å². The normalized spacial score (nSPS) is 12.2. The third kappa shape index (κ3) is 2.42. The number of aliphatic hydroxyl groups excluding tert-OH is 1. The standard InChI is InChI=1S/C15H22N2O/c1-3-15(4-2,11-18)17-10-12-6-5-7-14-13(12)8-9-16-14/h5-9,16-18H,3-4,10-11H2,1-2H3. The second-order valence-corrected chi connectivity index (χ2v) is 4.86. The minimum atomic E-state index is -0.154. The van der Waals surface area contributed by atoms with Crippen molar-refractivity contribution in [3.63, 3.8) is 0 Å². The summed E-state index contributed by atoms with van der Waals surface area (Å²) in [7, 11) is 0. The van der Waals surface area contributed by atoms with Crippen LogP contribution in [0.2, 0.25) is 0 Å². The van der Waals surface area contributed by atoms with E-state index in [0.29, 0.717) is 0 Å². The van der Waals surface area contributed by atoms with Gasteiger partial charge in [-0.1, -0.05) is 26.0 Å². The van der Waals surface area contributed by atoms with Crippen LogP contribution in [-0.4, -0.2) is 22.2 Å². The van der Waals surface area contributed by atoms with Crippen molar-refractivity contribution in [2.24, 2.45) is 0 Å². The van der Waals surface area contributed by atoms with Gasteiger partial charge in [0.1, 0.15) is 0 Å². The highest BCUT2D eigenvalue weighted by Gasteiger charge is 2.24. The Hall–Kier alpha value is -1.32. The molecule has 3 N–H and O–H groups in total. The lowest BCUT2D eigenvalue weighted by Gasteiger charge is -2.31. The Balaban J connectivity index is 2.17. The molecule has 0 aliphatic rings. The molecule has 0 unspecified atom stereocenters. The Morgan fingerprint density at radius 2 is 2.00 bits per heavy atom. The highest BCUT2D eigenvalue weighted by Crippen LogP contribution is 2.20. The van der Waals surface area contributed by atoms with Crippen molar-refractivity contribution < 1.29 is 5.11 Å². The monoisotopic (exact) mass is 246 g/mol. The predicted octanol–water partition coefficient (Wildman–Crippen LogP) is 2.81. The molecule has 2 aromatic rings. The van der Waals surface area contributed by atoms with E-state index in [4.69, 9.17) is 0 Å². The number of H-pyrrole nitrogens is 1. The second kappa shape index (κ2) is 5.55. The van der Waals surface area contributed by atoms with Crippen molar-refractivity contribution in [2.75, 3.05) is 6.61 Å². The van der Waals surface area contributed by atoms with Crippen molar-refractivity contribution >= 4 is 10.9 Å². The van der Waals surface area contributed by atoms with Crippen LogP contribution in [0.3, 0.4) is 0 Å². The van der Waals surface area contributed by atoms with E-state index in [-0.39, 0.29) is 12.1 Å². The van der Waals surface area contributed by atoms with Gasteiger partial charge < -0.3 is 15.4 Å². The third-order valence-electron chi connectivity index (χ3n) is 4.00. The maximum atomic E-state index is 9.56. The number of rotatable bonds is 6. The SMILES string of the molecule is CCC(CC)(CO)NCc1cccc2[nH]ccc12. The van der Waals surface area contributed by atoms with E-state index in [9.17, 15) is 5.11 Å². The van der Waals surface area contributed by atoms with Crippen molar-refractivity contribution in [3.05, 3.63) is 36.0 Å². The largest absolute Gasteiger partial charge is 0.394 e. The average molecular weight is 246 g/mol. The van der Waals surface area contributed by atoms with E-state index in [1.165, 1.54) is 10.9 Å². The van der Waals surface area contributed by atoms with E-state index in [2.05, 4.69) is 48.4 Å². The number of aromatic amines is 1. The van der Waals surface area contributed by atoms with Crippen LogP contribution < -0.4 is 5.32 Å². The van der Waals surface area contributed by atoms with Gasteiger partial charge >= 0.3 is 0 Å². The number of hydrogen-bond donors (Lipinski definition) is 3. The minimum absolute atomic E-state index is 0.154. The molecule has 18 heavy (non-hydrogen) atoms. The van der Waals surface area contributed by atoms with E-state index in [0.717, 1.165) is 24.9 Å². The Bertz CT molecular complexity index is 492. The van der Waals surface area contributed by atoms with Gasteiger partial charge in [0.25, 0.3) is 0 Å². The van der Waals surface area contributed by atoms with Gasteiger partial charge in [0, 0.05) is 29.2 Å². The topological polar surface area (TPSA) is 48.0 Å². The van der Waals surface area contributed by atoms with Gasteiger partial charge in [-0.15, -0.1) is 0 Å². The zero-order chi connectivity index (χ0) is 13.0. The number of hydrogen-bond acceptors (Lipinski definition) is 2. The summed E-state index contributed by atoms with van der Waals surface area (Å²) in [6.07, 6.45) is 3.83. The van der Waals surface area contributed by atoms with E-state index < -0.39 is 0 Å². The molecule has 2 rings (SSSR count). The summed E-state index contributed by atoms with van der Waals surface area (Å²) in [5.41, 5.74) is 2.28. The quantitative estimate of drug-likeness (QED) is 0.734. The molecule has 0 saturated carbocycles. The average Bonchev–Trinajstić information content (AvgIpc) is 2.90. The third-order valence-corrected chi connectivity index (χ3v) is 4.00. The van der Waals surface area contributed by atoms with Gasteiger partial charge in [0.15, 0.2) is 0 Å². The molecule has 1 aromatic heterocycles. The zero-order valence-electron chi connectivity index (χ0n) is 11.2. The molecule has 0 fully saturated rings.